The summed E-state index contributed by atoms with van der Waals surface area (Å²) >= 11 is 0.984. The summed E-state index contributed by atoms with van der Waals surface area (Å²) < 4.78 is 37.4. The number of alkyl halides is 3. The first-order valence-electron chi connectivity index (χ1n) is 7.59. The first-order valence-corrected chi connectivity index (χ1v) is 8.47. The van der Waals surface area contributed by atoms with E-state index in [9.17, 15) is 13.2 Å². The minimum Gasteiger partial charge on any atom is -0.356 e. The second kappa shape index (κ2) is 11.9. The van der Waals surface area contributed by atoms with E-state index in [0.29, 0.717) is 11.0 Å². The molecule has 24 heavy (non-hydrogen) atoms. The zero-order chi connectivity index (χ0) is 17.3. The molecule has 0 aliphatic rings. The van der Waals surface area contributed by atoms with Gasteiger partial charge in [0.25, 0.3) is 0 Å². The largest absolute Gasteiger partial charge is 0.434 e. The Morgan fingerprint density at radius 3 is 2.46 bits per heavy atom. The maximum Gasteiger partial charge on any atom is 0.434 e. The summed E-state index contributed by atoms with van der Waals surface area (Å²) in [6, 6.07) is 0. The maximum atomic E-state index is 12.5. The number of hydrogen-bond donors (Lipinski definition) is 2. The Balaban J connectivity index is 0.00000529. The SMILES string of the molecule is CCN(CC)CCCNC(=NC)NCc1nc(C(F)(F)F)cs1.I. The van der Waals surface area contributed by atoms with E-state index in [4.69, 9.17) is 0 Å². The van der Waals surface area contributed by atoms with Gasteiger partial charge in [0.1, 0.15) is 5.01 Å². The Labute approximate surface area is 162 Å². The number of hydrogen-bond acceptors (Lipinski definition) is 4. The second-order valence-corrected chi connectivity index (χ2v) is 5.80. The normalized spacial score (nSPS) is 12.2. The highest BCUT2D eigenvalue weighted by Gasteiger charge is 2.33. The third-order valence-corrected chi connectivity index (χ3v) is 4.16. The lowest BCUT2D eigenvalue weighted by molar-refractivity contribution is -0.140. The molecule has 1 heterocycles. The van der Waals surface area contributed by atoms with Crippen LogP contribution >= 0.6 is 35.3 Å². The van der Waals surface area contributed by atoms with Gasteiger partial charge in [-0.05, 0) is 26.1 Å². The van der Waals surface area contributed by atoms with Crippen LogP contribution in [0.25, 0.3) is 0 Å². The lowest BCUT2D eigenvalue weighted by Gasteiger charge is -2.18. The number of thiazole rings is 1. The second-order valence-electron chi connectivity index (χ2n) is 4.86. The van der Waals surface area contributed by atoms with Crippen LogP contribution in [-0.2, 0) is 12.7 Å². The molecule has 0 aromatic carbocycles. The van der Waals surface area contributed by atoms with E-state index in [1.807, 2.05) is 0 Å². The average Bonchev–Trinajstić information content (AvgIpc) is 2.99. The molecule has 1 aromatic rings. The summed E-state index contributed by atoms with van der Waals surface area (Å²) in [5, 5.41) is 7.52. The highest BCUT2D eigenvalue weighted by atomic mass is 127. The maximum absolute atomic E-state index is 12.5. The lowest BCUT2D eigenvalue weighted by atomic mass is 10.3. The van der Waals surface area contributed by atoms with Gasteiger partial charge in [0.15, 0.2) is 11.7 Å². The third kappa shape index (κ3) is 8.47. The van der Waals surface area contributed by atoms with Gasteiger partial charge in [0.2, 0.25) is 0 Å². The van der Waals surface area contributed by atoms with Crippen LogP contribution in [0.1, 0.15) is 31.0 Å². The number of nitrogens with one attached hydrogen (secondary N) is 2. The van der Waals surface area contributed by atoms with Gasteiger partial charge in [0.05, 0.1) is 6.54 Å². The lowest BCUT2D eigenvalue weighted by Crippen LogP contribution is -2.38. The summed E-state index contributed by atoms with van der Waals surface area (Å²) in [5.41, 5.74) is -0.846. The van der Waals surface area contributed by atoms with Crippen molar-refractivity contribution in [2.45, 2.75) is 33.0 Å². The summed E-state index contributed by atoms with van der Waals surface area (Å²) in [7, 11) is 1.63. The van der Waals surface area contributed by atoms with Crippen molar-refractivity contribution in [2.75, 3.05) is 33.2 Å². The van der Waals surface area contributed by atoms with E-state index in [1.165, 1.54) is 0 Å². The van der Waals surface area contributed by atoms with Gasteiger partial charge < -0.3 is 15.5 Å². The van der Waals surface area contributed by atoms with Crippen molar-refractivity contribution in [3.05, 3.63) is 16.1 Å². The molecular weight excluding hydrogens is 454 g/mol. The molecule has 10 heteroatoms. The van der Waals surface area contributed by atoms with Crippen molar-refractivity contribution in [3.63, 3.8) is 0 Å². The van der Waals surface area contributed by atoms with Crippen molar-refractivity contribution in [1.29, 1.82) is 0 Å². The van der Waals surface area contributed by atoms with Gasteiger partial charge >= 0.3 is 6.18 Å². The number of halogens is 4. The van der Waals surface area contributed by atoms with Gasteiger partial charge in [-0.15, -0.1) is 35.3 Å². The summed E-state index contributed by atoms with van der Waals surface area (Å²) in [5.74, 6) is 0.563. The van der Waals surface area contributed by atoms with Gasteiger partial charge in [-0.3, -0.25) is 4.99 Å². The first-order chi connectivity index (χ1) is 10.9. The quantitative estimate of drug-likeness (QED) is 0.260. The fourth-order valence-corrected chi connectivity index (χ4v) is 2.69. The molecule has 1 rings (SSSR count). The van der Waals surface area contributed by atoms with Gasteiger partial charge in [-0.1, -0.05) is 13.8 Å². The van der Waals surface area contributed by atoms with Crippen molar-refractivity contribution >= 4 is 41.3 Å². The highest BCUT2D eigenvalue weighted by molar-refractivity contribution is 14.0. The number of rotatable bonds is 8. The predicted octanol–water partition coefficient (Wildman–Crippen LogP) is 3.18. The summed E-state index contributed by atoms with van der Waals surface area (Å²) in [6.45, 7) is 8.27. The zero-order valence-electron chi connectivity index (χ0n) is 14.1. The molecule has 5 nitrogen and oxygen atoms in total. The standard InChI is InChI=1S/C14H24F3N5S.HI/c1-4-22(5-2)8-6-7-19-13(18-3)20-9-12-21-11(10-23-12)14(15,16)17;/h10H,4-9H2,1-3H3,(H2,18,19,20);1H. The first kappa shape index (κ1) is 23.4. The summed E-state index contributed by atoms with van der Waals surface area (Å²) in [4.78, 5) is 9.95. The van der Waals surface area contributed by atoms with Crippen LogP contribution in [0, 0.1) is 0 Å². The minimum absolute atomic E-state index is 0. The molecule has 0 saturated heterocycles. The predicted molar refractivity (Wildman–Crippen MR) is 103 cm³/mol. The van der Waals surface area contributed by atoms with Gasteiger partial charge in [-0.25, -0.2) is 4.98 Å². The van der Waals surface area contributed by atoms with Crippen LogP contribution < -0.4 is 10.6 Å². The number of aliphatic imine (C=N–C) groups is 1. The van der Waals surface area contributed by atoms with Gasteiger partial charge in [-0.2, -0.15) is 13.2 Å². The topological polar surface area (TPSA) is 52.5 Å². The number of aromatic nitrogens is 1. The monoisotopic (exact) mass is 479 g/mol. The van der Waals surface area contributed by atoms with E-state index in [1.54, 1.807) is 7.05 Å². The Morgan fingerprint density at radius 1 is 1.29 bits per heavy atom. The molecule has 0 bridgehead atoms. The Kier molecular flexibility index (Phi) is 11.5. The molecule has 0 unspecified atom stereocenters. The van der Waals surface area contributed by atoms with Crippen LogP contribution in [0.15, 0.2) is 10.4 Å². The molecular formula is C14H25F3IN5S. The van der Waals surface area contributed by atoms with Crippen molar-refractivity contribution < 1.29 is 13.2 Å². The van der Waals surface area contributed by atoms with E-state index in [0.717, 1.165) is 49.3 Å². The van der Waals surface area contributed by atoms with Crippen LogP contribution in [0.4, 0.5) is 13.2 Å². The molecule has 0 fully saturated rings. The van der Waals surface area contributed by atoms with E-state index < -0.39 is 11.9 Å². The molecule has 1 aromatic heterocycles. The smallest absolute Gasteiger partial charge is 0.356 e. The van der Waals surface area contributed by atoms with Crippen LogP contribution in [0.2, 0.25) is 0 Å². The average molecular weight is 479 g/mol. The summed E-state index contributed by atoms with van der Waals surface area (Å²) in [6.07, 6.45) is -3.42. The van der Waals surface area contributed by atoms with E-state index >= 15 is 0 Å². The fourth-order valence-electron chi connectivity index (χ4n) is 1.95. The fraction of sp³-hybridized carbons (Fsp3) is 0.714. The molecule has 0 atom stereocenters. The Bertz CT molecular complexity index is 489. The molecule has 2 N–H and O–H groups in total. The Morgan fingerprint density at radius 2 is 1.96 bits per heavy atom. The number of guanidine groups is 1. The van der Waals surface area contributed by atoms with Crippen LogP contribution in [0.3, 0.4) is 0 Å². The Hall–Kier alpha value is -0.620. The van der Waals surface area contributed by atoms with Crippen molar-refractivity contribution in [1.82, 2.24) is 20.5 Å². The number of nitrogens with zero attached hydrogens (tertiary/aromatic N) is 3. The van der Waals surface area contributed by atoms with E-state index in [2.05, 4.69) is 39.4 Å². The van der Waals surface area contributed by atoms with E-state index in [-0.39, 0.29) is 30.5 Å². The molecule has 140 valence electrons. The highest BCUT2D eigenvalue weighted by Crippen LogP contribution is 2.29. The van der Waals surface area contributed by atoms with Crippen molar-refractivity contribution in [2.24, 2.45) is 4.99 Å². The molecule has 0 amide bonds. The third-order valence-electron chi connectivity index (χ3n) is 3.31. The minimum atomic E-state index is -4.39. The zero-order valence-corrected chi connectivity index (χ0v) is 17.3. The molecule has 0 aliphatic heterocycles. The van der Waals surface area contributed by atoms with Crippen molar-refractivity contribution in [3.8, 4) is 0 Å². The molecule has 0 aliphatic carbocycles. The molecule has 0 spiro atoms. The van der Waals surface area contributed by atoms with Gasteiger partial charge in [0, 0.05) is 19.0 Å². The van der Waals surface area contributed by atoms with Crippen LogP contribution in [0.5, 0.6) is 0 Å². The van der Waals surface area contributed by atoms with Crippen LogP contribution in [-0.4, -0.2) is 49.1 Å². The molecule has 0 saturated carbocycles. The molecule has 0 radical (unpaired) electrons.